The number of hydrogen-bond acceptors (Lipinski definition) is 1. The summed E-state index contributed by atoms with van der Waals surface area (Å²) in [4.78, 5) is 0. The van der Waals surface area contributed by atoms with Crippen LogP contribution in [-0.4, -0.2) is 11.7 Å². The van der Waals surface area contributed by atoms with Gasteiger partial charge in [-0.2, -0.15) is 0 Å². The first-order valence-electron chi connectivity index (χ1n) is 3.93. The van der Waals surface area contributed by atoms with E-state index in [1.807, 2.05) is 0 Å². The van der Waals surface area contributed by atoms with Gasteiger partial charge < -0.3 is 5.11 Å². The van der Waals surface area contributed by atoms with Crippen LogP contribution in [0.2, 0.25) is 0 Å². The number of aliphatic hydroxyl groups is 1. The Labute approximate surface area is 57.1 Å². The summed E-state index contributed by atoms with van der Waals surface area (Å²) >= 11 is 0. The Kier molecular flexibility index (Phi) is 2.52. The summed E-state index contributed by atoms with van der Waals surface area (Å²) in [6.45, 7) is 2.69. The molecule has 1 saturated carbocycles. The molecule has 0 aromatic rings. The maximum Gasteiger partial charge on any atom is 0.0459 e. The topological polar surface area (TPSA) is 20.2 Å². The number of aliphatic hydroxyl groups excluding tert-OH is 1. The summed E-state index contributed by atoms with van der Waals surface area (Å²) in [6.07, 6.45) is 5.19. The summed E-state index contributed by atoms with van der Waals surface area (Å²) in [7, 11) is 0. The van der Waals surface area contributed by atoms with Crippen LogP contribution in [0.3, 0.4) is 0 Å². The van der Waals surface area contributed by atoms with Gasteiger partial charge in [0, 0.05) is 6.61 Å². The largest absolute Gasteiger partial charge is 0.396 e. The molecular weight excluding hydrogens is 112 g/mol. The zero-order valence-electron chi connectivity index (χ0n) is 6.14. The lowest BCUT2D eigenvalue weighted by atomic mass is 9.83. The first-order chi connectivity index (χ1) is 4.33. The second kappa shape index (κ2) is 3.21. The van der Waals surface area contributed by atoms with E-state index in [9.17, 15) is 0 Å². The van der Waals surface area contributed by atoms with Crippen molar-refractivity contribution in [2.45, 2.75) is 32.6 Å². The third kappa shape index (κ3) is 1.98. The van der Waals surface area contributed by atoms with Crippen LogP contribution in [-0.2, 0) is 0 Å². The van der Waals surface area contributed by atoms with Crippen molar-refractivity contribution in [3.8, 4) is 0 Å². The molecule has 0 spiro atoms. The average molecular weight is 128 g/mol. The highest BCUT2D eigenvalue weighted by Gasteiger charge is 2.17. The molecule has 0 aliphatic heterocycles. The third-order valence-corrected chi connectivity index (χ3v) is 2.30. The normalized spacial score (nSPS) is 36.7. The van der Waals surface area contributed by atoms with Crippen LogP contribution in [0.1, 0.15) is 32.6 Å². The van der Waals surface area contributed by atoms with Crippen LogP contribution < -0.4 is 0 Å². The van der Waals surface area contributed by atoms with Crippen molar-refractivity contribution in [3.05, 3.63) is 0 Å². The van der Waals surface area contributed by atoms with Crippen molar-refractivity contribution in [2.24, 2.45) is 11.8 Å². The Morgan fingerprint density at radius 3 is 2.67 bits per heavy atom. The van der Waals surface area contributed by atoms with Crippen molar-refractivity contribution < 1.29 is 5.11 Å². The molecule has 0 saturated heterocycles. The third-order valence-electron chi connectivity index (χ3n) is 2.30. The Hall–Kier alpha value is -0.0400. The van der Waals surface area contributed by atoms with E-state index < -0.39 is 0 Å². The van der Waals surface area contributed by atoms with Gasteiger partial charge in [-0.15, -0.1) is 0 Å². The first kappa shape index (κ1) is 7.07. The average Bonchev–Trinajstić information content (AvgIpc) is 1.88. The highest BCUT2D eigenvalue weighted by molar-refractivity contribution is 4.68. The van der Waals surface area contributed by atoms with Crippen molar-refractivity contribution in [2.75, 3.05) is 6.61 Å². The fourth-order valence-corrected chi connectivity index (χ4v) is 1.73. The van der Waals surface area contributed by atoms with Gasteiger partial charge in [-0.3, -0.25) is 0 Å². The van der Waals surface area contributed by atoms with E-state index in [2.05, 4.69) is 6.92 Å². The highest BCUT2D eigenvalue weighted by atomic mass is 16.3. The molecule has 1 rings (SSSR count). The van der Waals surface area contributed by atoms with Gasteiger partial charge in [0.25, 0.3) is 0 Å². The van der Waals surface area contributed by atoms with Gasteiger partial charge >= 0.3 is 0 Å². The number of hydrogen-bond donors (Lipinski definition) is 1. The van der Waals surface area contributed by atoms with Gasteiger partial charge in [-0.1, -0.05) is 19.8 Å². The van der Waals surface area contributed by atoms with Gasteiger partial charge in [-0.05, 0) is 24.7 Å². The molecule has 0 aromatic carbocycles. The van der Waals surface area contributed by atoms with Crippen LogP contribution in [0.5, 0.6) is 0 Å². The molecule has 2 atom stereocenters. The Balaban J connectivity index is 2.23. The van der Waals surface area contributed by atoms with Crippen LogP contribution in [0, 0.1) is 11.8 Å². The van der Waals surface area contributed by atoms with E-state index in [0.717, 1.165) is 5.92 Å². The molecule has 1 aliphatic rings. The summed E-state index contributed by atoms with van der Waals surface area (Å²) < 4.78 is 0. The van der Waals surface area contributed by atoms with Crippen molar-refractivity contribution in [1.29, 1.82) is 0 Å². The molecule has 0 amide bonds. The number of rotatable bonds is 1. The summed E-state index contributed by atoms with van der Waals surface area (Å²) in [5, 5.41) is 8.81. The van der Waals surface area contributed by atoms with Crippen molar-refractivity contribution >= 4 is 0 Å². The van der Waals surface area contributed by atoms with E-state index >= 15 is 0 Å². The van der Waals surface area contributed by atoms with E-state index in [1.165, 1.54) is 25.7 Å². The monoisotopic (exact) mass is 128 g/mol. The second-order valence-corrected chi connectivity index (χ2v) is 3.32. The molecular formula is C8H16O. The van der Waals surface area contributed by atoms with Crippen LogP contribution in [0.15, 0.2) is 0 Å². The second-order valence-electron chi connectivity index (χ2n) is 3.32. The molecule has 54 valence electrons. The lowest BCUT2D eigenvalue weighted by Gasteiger charge is -2.24. The minimum atomic E-state index is 0.407. The zero-order chi connectivity index (χ0) is 6.69. The van der Waals surface area contributed by atoms with Crippen molar-refractivity contribution in [3.63, 3.8) is 0 Å². The molecule has 0 unspecified atom stereocenters. The quantitative estimate of drug-likeness (QED) is 0.571. The molecule has 0 aromatic heterocycles. The predicted octanol–water partition coefficient (Wildman–Crippen LogP) is 1.80. The van der Waals surface area contributed by atoms with E-state index in [-0.39, 0.29) is 0 Å². The lowest BCUT2D eigenvalue weighted by molar-refractivity contribution is 0.166. The van der Waals surface area contributed by atoms with Gasteiger partial charge in [0.15, 0.2) is 0 Å². The molecule has 1 N–H and O–H groups in total. The lowest BCUT2D eigenvalue weighted by Crippen LogP contribution is -2.15. The van der Waals surface area contributed by atoms with Crippen LogP contribution in [0.4, 0.5) is 0 Å². The van der Waals surface area contributed by atoms with Gasteiger partial charge in [0.1, 0.15) is 0 Å². The summed E-state index contributed by atoms with van der Waals surface area (Å²) in [5.74, 6) is 1.48. The smallest absolute Gasteiger partial charge is 0.0459 e. The maximum atomic E-state index is 8.81. The molecule has 0 radical (unpaired) electrons. The predicted molar refractivity (Wildman–Crippen MR) is 38.2 cm³/mol. The van der Waals surface area contributed by atoms with E-state index in [4.69, 9.17) is 5.11 Å². The molecule has 1 fully saturated rings. The zero-order valence-corrected chi connectivity index (χ0v) is 6.14. The minimum Gasteiger partial charge on any atom is -0.396 e. The molecule has 0 bridgehead atoms. The fraction of sp³-hybridized carbons (Fsp3) is 1.00. The van der Waals surface area contributed by atoms with Crippen LogP contribution >= 0.6 is 0 Å². The Morgan fingerprint density at radius 1 is 1.44 bits per heavy atom. The summed E-state index contributed by atoms with van der Waals surface area (Å²) in [5.41, 5.74) is 0. The molecule has 1 heteroatoms. The van der Waals surface area contributed by atoms with Crippen LogP contribution in [0.25, 0.3) is 0 Å². The fourth-order valence-electron chi connectivity index (χ4n) is 1.73. The van der Waals surface area contributed by atoms with Crippen molar-refractivity contribution in [1.82, 2.24) is 0 Å². The maximum absolute atomic E-state index is 8.81. The first-order valence-corrected chi connectivity index (χ1v) is 3.93. The SMILES string of the molecule is C[C@@H]1CCC[C@H](CO)C1. The molecule has 9 heavy (non-hydrogen) atoms. The Bertz CT molecular complexity index is 80.6. The van der Waals surface area contributed by atoms with E-state index in [1.54, 1.807) is 0 Å². The molecule has 1 aliphatic carbocycles. The van der Waals surface area contributed by atoms with Gasteiger partial charge in [-0.25, -0.2) is 0 Å². The van der Waals surface area contributed by atoms with Gasteiger partial charge in [0.05, 0.1) is 0 Å². The van der Waals surface area contributed by atoms with Gasteiger partial charge in [0.2, 0.25) is 0 Å². The standard InChI is InChI=1S/C8H16O/c1-7-3-2-4-8(5-7)6-9/h7-9H,2-6H2,1H3/t7-,8+/m1/s1. The minimum absolute atomic E-state index is 0.407. The van der Waals surface area contributed by atoms with E-state index in [0.29, 0.717) is 12.5 Å². The highest BCUT2D eigenvalue weighted by Crippen LogP contribution is 2.27. The molecule has 1 nitrogen and oxygen atoms in total. The molecule has 0 heterocycles. The summed E-state index contributed by atoms with van der Waals surface area (Å²) in [6, 6.07) is 0. The Morgan fingerprint density at radius 2 is 2.22 bits per heavy atom.